The van der Waals surface area contributed by atoms with E-state index in [9.17, 15) is 9.18 Å². The highest BCUT2D eigenvalue weighted by molar-refractivity contribution is 6.35. The summed E-state index contributed by atoms with van der Waals surface area (Å²) in [5.41, 5.74) is 1.13. The Morgan fingerprint density at radius 1 is 1.29 bits per heavy atom. The monoisotopic (exact) mass is 304 g/mol. The molecule has 0 radical (unpaired) electrons. The van der Waals surface area contributed by atoms with Crippen molar-refractivity contribution in [2.45, 2.75) is 19.3 Å². The first kappa shape index (κ1) is 14.1. The van der Waals surface area contributed by atoms with Crippen molar-refractivity contribution in [2.24, 2.45) is 0 Å². The third kappa shape index (κ3) is 2.32. The Kier molecular flexibility index (Phi) is 3.25. The Balaban J connectivity index is 2.08. The van der Waals surface area contributed by atoms with Crippen LogP contribution in [0, 0.1) is 5.82 Å². The topological polar surface area (TPSA) is 26.3 Å². The van der Waals surface area contributed by atoms with E-state index in [1.54, 1.807) is 18.2 Å². The zero-order chi connectivity index (χ0) is 15.2. The SMILES string of the molecule is CC1(C)COc2ccc(C(=O)c3c(F)cccc3Cl)cc21. The van der Waals surface area contributed by atoms with Crippen LogP contribution < -0.4 is 4.74 Å². The number of halogens is 2. The number of hydrogen-bond acceptors (Lipinski definition) is 2. The van der Waals surface area contributed by atoms with Gasteiger partial charge in [0.05, 0.1) is 17.2 Å². The van der Waals surface area contributed by atoms with Crippen LogP contribution in [0.1, 0.15) is 35.3 Å². The largest absolute Gasteiger partial charge is 0.492 e. The summed E-state index contributed by atoms with van der Waals surface area (Å²) in [6.07, 6.45) is 0. The van der Waals surface area contributed by atoms with Crippen molar-refractivity contribution in [1.82, 2.24) is 0 Å². The summed E-state index contributed by atoms with van der Waals surface area (Å²) in [5, 5.41) is 0.121. The van der Waals surface area contributed by atoms with Crippen molar-refractivity contribution in [3.8, 4) is 5.75 Å². The molecule has 0 atom stereocenters. The second-order valence-corrected chi connectivity index (χ2v) is 6.22. The van der Waals surface area contributed by atoms with Gasteiger partial charge in [-0.3, -0.25) is 4.79 Å². The van der Waals surface area contributed by atoms with Crippen LogP contribution in [-0.2, 0) is 5.41 Å². The zero-order valence-electron chi connectivity index (χ0n) is 11.7. The number of fused-ring (bicyclic) bond motifs is 1. The third-order valence-corrected chi connectivity index (χ3v) is 4.06. The number of carbonyl (C=O) groups is 1. The average molecular weight is 305 g/mol. The van der Waals surface area contributed by atoms with Crippen LogP contribution in [0.3, 0.4) is 0 Å². The molecule has 0 amide bonds. The van der Waals surface area contributed by atoms with E-state index in [0.29, 0.717) is 12.2 Å². The van der Waals surface area contributed by atoms with Crippen molar-refractivity contribution in [2.75, 3.05) is 6.61 Å². The predicted molar refractivity (Wildman–Crippen MR) is 79.8 cm³/mol. The summed E-state index contributed by atoms with van der Waals surface area (Å²) < 4.78 is 19.5. The molecule has 0 saturated carbocycles. The number of hydrogen-bond donors (Lipinski definition) is 0. The van der Waals surface area contributed by atoms with Crippen LogP contribution in [0.15, 0.2) is 36.4 Å². The second kappa shape index (κ2) is 4.85. The Hall–Kier alpha value is -1.87. The van der Waals surface area contributed by atoms with Gasteiger partial charge in [-0.05, 0) is 30.3 Å². The van der Waals surface area contributed by atoms with Crippen LogP contribution in [-0.4, -0.2) is 12.4 Å². The first-order valence-electron chi connectivity index (χ1n) is 6.66. The number of rotatable bonds is 2. The van der Waals surface area contributed by atoms with Crippen molar-refractivity contribution < 1.29 is 13.9 Å². The summed E-state index contributed by atoms with van der Waals surface area (Å²) in [6.45, 7) is 4.66. The number of ketones is 1. The average Bonchev–Trinajstić information content (AvgIpc) is 2.74. The molecule has 1 heterocycles. The molecule has 0 unspecified atom stereocenters. The normalized spacial score (nSPS) is 15.4. The molecule has 3 rings (SSSR count). The van der Waals surface area contributed by atoms with E-state index in [4.69, 9.17) is 16.3 Å². The van der Waals surface area contributed by atoms with Gasteiger partial charge in [0.2, 0.25) is 0 Å². The van der Waals surface area contributed by atoms with Gasteiger partial charge in [-0.2, -0.15) is 0 Å². The molecule has 0 fully saturated rings. The van der Waals surface area contributed by atoms with Gasteiger partial charge in [0.25, 0.3) is 0 Å². The van der Waals surface area contributed by atoms with Gasteiger partial charge >= 0.3 is 0 Å². The van der Waals surface area contributed by atoms with Gasteiger partial charge < -0.3 is 4.74 Å². The Morgan fingerprint density at radius 2 is 2.05 bits per heavy atom. The Morgan fingerprint density at radius 3 is 2.76 bits per heavy atom. The summed E-state index contributed by atoms with van der Waals surface area (Å²) in [4.78, 5) is 12.5. The van der Waals surface area contributed by atoms with Gasteiger partial charge in [-0.15, -0.1) is 0 Å². The van der Waals surface area contributed by atoms with E-state index >= 15 is 0 Å². The van der Waals surface area contributed by atoms with Gasteiger partial charge in [0.15, 0.2) is 5.78 Å². The first-order valence-corrected chi connectivity index (χ1v) is 7.04. The first-order chi connectivity index (χ1) is 9.90. The minimum absolute atomic E-state index is 0.0872. The minimum atomic E-state index is -0.608. The molecule has 0 bridgehead atoms. The molecule has 4 heteroatoms. The fourth-order valence-corrected chi connectivity index (χ4v) is 2.77. The van der Waals surface area contributed by atoms with Gasteiger partial charge in [-0.25, -0.2) is 4.39 Å². The molecular weight excluding hydrogens is 291 g/mol. The lowest BCUT2D eigenvalue weighted by Crippen LogP contribution is -2.18. The summed E-state index contributed by atoms with van der Waals surface area (Å²) in [5.74, 6) is -0.247. The summed E-state index contributed by atoms with van der Waals surface area (Å²) in [6, 6.07) is 9.40. The molecule has 108 valence electrons. The highest BCUT2D eigenvalue weighted by Crippen LogP contribution is 2.39. The van der Waals surface area contributed by atoms with Crippen molar-refractivity contribution in [3.63, 3.8) is 0 Å². The lowest BCUT2D eigenvalue weighted by Gasteiger charge is -2.15. The quantitative estimate of drug-likeness (QED) is 0.770. The Bertz CT molecular complexity index is 717. The fourth-order valence-electron chi connectivity index (χ4n) is 2.52. The molecule has 2 nitrogen and oxygen atoms in total. The van der Waals surface area contributed by atoms with E-state index < -0.39 is 11.6 Å². The number of benzene rings is 2. The Labute approximate surface area is 127 Å². The molecule has 1 aliphatic rings. The maximum atomic E-state index is 13.9. The van der Waals surface area contributed by atoms with Gasteiger partial charge in [0, 0.05) is 16.5 Å². The van der Waals surface area contributed by atoms with E-state index in [1.165, 1.54) is 18.2 Å². The molecule has 21 heavy (non-hydrogen) atoms. The van der Waals surface area contributed by atoms with Crippen LogP contribution in [0.2, 0.25) is 5.02 Å². The third-order valence-electron chi connectivity index (χ3n) is 3.75. The maximum Gasteiger partial charge on any atom is 0.197 e. The highest BCUT2D eigenvalue weighted by atomic mass is 35.5. The lowest BCUT2D eigenvalue weighted by atomic mass is 9.85. The lowest BCUT2D eigenvalue weighted by molar-refractivity contribution is 0.103. The number of carbonyl (C=O) groups excluding carboxylic acids is 1. The highest BCUT2D eigenvalue weighted by Gasteiger charge is 2.32. The molecule has 2 aromatic carbocycles. The molecule has 0 aliphatic carbocycles. The molecule has 0 aromatic heterocycles. The smallest absolute Gasteiger partial charge is 0.197 e. The minimum Gasteiger partial charge on any atom is -0.492 e. The van der Waals surface area contributed by atoms with Crippen LogP contribution in [0.25, 0.3) is 0 Å². The second-order valence-electron chi connectivity index (χ2n) is 5.81. The van der Waals surface area contributed by atoms with Crippen LogP contribution >= 0.6 is 11.6 Å². The van der Waals surface area contributed by atoms with E-state index in [0.717, 1.165) is 11.3 Å². The molecular formula is C17H14ClFO2. The van der Waals surface area contributed by atoms with E-state index in [-0.39, 0.29) is 16.0 Å². The molecule has 0 spiro atoms. The fraction of sp³-hybridized carbons (Fsp3) is 0.235. The molecule has 0 saturated heterocycles. The van der Waals surface area contributed by atoms with Crippen LogP contribution in [0.4, 0.5) is 4.39 Å². The standard InChI is InChI=1S/C17H14ClFO2/c1-17(2)9-21-14-7-6-10(8-11(14)17)16(20)15-12(18)4-3-5-13(15)19/h3-8H,9H2,1-2H3. The van der Waals surface area contributed by atoms with Crippen LogP contribution in [0.5, 0.6) is 5.75 Å². The van der Waals surface area contributed by atoms with Crippen molar-refractivity contribution in [1.29, 1.82) is 0 Å². The molecule has 0 N–H and O–H groups in total. The molecule has 1 aliphatic heterocycles. The summed E-state index contributed by atoms with van der Waals surface area (Å²) in [7, 11) is 0. The van der Waals surface area contributed by atoms with Gasteiger partial charge in [0.1, 0.15) is 11.6 Å². The maximum absolute atomic E-state index is 13.9. The zero-order valence-corrected chi connectivity index (χ0v) is 12.5. The predicted octanol–water partition coefficient (Wildman–Crippen LogP) is 4.38. The van der Waals surface area contributed by atoms with E-state index in [2.05, 4.69) is 0 Å². The van der Waals surface area contributed by atoms with Gasteiger partial charge in [-0.1, -0.05) is 31.5 Å². The van der Waals surface area contributed by atoms with Crippen molar-refractivity contribution >= 4 is 17.4 Å². The van der Waals surface area contributed by atoms with E-state index in [1.807, 2.05) is 13.8 Å². The molecule has 2 aromatic rings. The number of ether oxygens (including phenoxy) is 1. The van der Waals surface area contributed by atoms with Crippen molar-refractivity contribution in [3.05, 3.63) is 63.9 Å². The summed E-state index contributed by atoms with van der Waals surface area (Å²) >= 11 is 5.96.